The first-order chi connectivity index (χ1) is 22.6. The lowest BCUT2D eigenvalue weighted by Gasteiger charge is -2.29. The van der Waals surface area contributed by atoms with Gasteiger partial charge in [0.2, 0.25) is 0 Å². The fourth-order valence-corrected chi connectivity index (χ4v) is 8.73. The third-order valence-corrected chi connectivity index (χ3v) is 10.9. The van der Waals surface area contributed by atoms with E-state index in [0.717, 1.165) is 54.1 Å². The Hall–Kier alpha value is -4.04. The van der Waals surface area contributed by atoms with Crippen LogP contribution in [0.1, 0.15) is 62.6 Å². The zero-order valence-electron chi connectivity index (χ0n) is 26.4. The van der Waals surface area contributed by atoms with Gasteiger partial charge in [0.25, 0.3) is 0 Å². The zero-order chi connectivity index (χ0) is 31.4. The molecule has 0 aromatic heterocycles. The summed E-state index contributed by atoms with van der Waals surface area (Å²) in [7, 11) is 0. The highest BCUT2D eigenvalue weighted by molar-refractivity contribution is 6.37. The van der Waals surface area contributed by atoms with Gasteiger partial charge in [0.15, 0.2) is 0 Å². The summed E-state index contributed by atoms with van der Waals surface area (Å²) in [4.78, 5) is 2.52. The molecule has 0 spiro atoms. The number of likely N-dealkylation sites (N-methyl/N-ethyl adjacent to an activating group) is 1. The van der Waals surface area contributed by atoms with Crippen molar-refractivity contribution in [2.24, 2.45) is 0 Å². The molecule has 8 rings (SSSR count). The van der Waals surface area contributed by atoms with Gasteiger partial charge in [-0.2, -0.15) is 0 Å². The molecule has 3 aromatic carbocycles. The maximum atomic E-state index is 6.69. The summed E-state index contributed by atoms with van der Waals surface area (Å²) in [6, 6.07) is 22.0. The van der Waals surface area contributed by atoms with Crippen LogP contribution in [0.2, 0.25) is 5.02 Å². The molecule has 0 radical (unpaired) electrons. The summed E-state index contributed by atoms with van der Waals surface area (Å²) in [5.74, 6) is 0. The monoisotopic (exact) mass is 637 g/mol. The summed E-state index contributed by atoms with van der Waals surface area (Å²) in [5.41, 5.74) is 16.1. The number of nitrogens with zero attached hydrogens (tertiary/aromatic N) is 1. The van der Waals surface area contributed by atoms with E-state index in [2.05, 4.69) is 128 Å². The molecule has 1 heterocycles. The third-order valence-electron chi connectivity index (χ3n) is 10.3. The SMILES string of the molecule is CCC1=C(/C=C/C2=C(c3ccccc3)C(=C/C=C3\C4=C5C(=C(Cl)C=CC5N3CC)CC=C4)/CCC2)c2cccc3c(Cl)ccc1c23. The Morgan fingerprint density at radius 3 is 2.57 bits per heavy atom. The summed E-state index contributed by atoms with van der Waals surface area (Å²) in [6.45, 7) is 5.46. The van der Waals surface area contributed by atoms with Crippen LogP contribution in [0.15, 0.2) is 148 Å². The molecule has 0 N–H and O–H groups in total. The Bertz CT molecular complexity index is 2070. The minimum atomic E-state index is 0.261. The predicted molar refractivity (Wildman–Crippen MR) is 198 cm³/mol. The Morgan fingerprint density at radius 2 is 1.74 bits per heavy atom. The first-order valence-corrected chi connectivity index (χ1v) is 17.4. The lowest BCUT2D eigenvalue weighted by Crippen LogP contribution is -2.30. The van der Waals surface area contributed by atoms with E-state index in [0.29, 0.717) is 0 Å². The molecule has 1 aliphatic heterocycles. The van der Waals surface area contributed by atoms with Gasteiger partial charge in [-0.3, -0.25) is 0 Å². The van der Waals surface area contributed by atoms with Gasteiger partial charge in [0.05, 0.1) is 6.04 Å². The highest BCUT2D eigenvalue weighted by Gasteiger charge is 2.37. The van der Waals surface area contributed by atoms with Gasteiger partial charge in [-0.1, -0.05) is 121 Å². The molecule has 4 aliphatic carbocycles. The molecule has 0 saturated carbocycles. The van der Waals surface area contributed by atoms with Gasteiger partial charge in [-0.05, 0) is 118 Å². The van der Waals surface area contributed by atoms with Crippen LogP contribution in [0.3, 0.4) is 0 Å². The molecular weight excluding hydrogens is 601 g/mol. The molecule has 1 nitrogen and oxygen atoms in total. The minimum Gasteiger partial charge on any atom is -0.361 e. The van der Waals surface area contributed by atoms with Crippen molar-refractivity contribution in [2.45, 2.75) is 52.0 Å². The molecule has 1 unspecified atom stereocenters. The molecule has 0 saturated heterocycles. The van der Waals surface area contributed by atoms with Gasteiger partial charge in [-0.15, -0.1) is 0 Å². The number of benzene rings is 3. The van der Waals surface area contributed by atoms with Crippen molar-refractivity contribution in [1.82, 2.24) is 4.90 Å². The molecule has 1 atom stereocenters. The van der Waals surface area contributed by atoms with Crippen molar-refractivity contribution < 1.29 is 0 Å². The second-order valence-electron chi connectivity index (χ2n) is 12.6. The lowest BCUT2D eigenvalue weighted by atomic mass is 9.82. The zero-order valence-corrected chi connectivity index (χ0v) is 27.9. The minimum absolute atomic E-state index is 0.261. The quantitative estimate of drug-likeness (QED) is 0.260. The van der Waals surface area contributed by atoms with Crippen LogP contribution < -0.4 is 0 Å². The topological polar surface area (TPSA) is 3.24 Å². The summed E-state index contributed by atoms with van der Waals surface area (Å²) < 4.78 is 0. The van der Waals surface area contributed by atoms with Crippen molar-refractivity contribution >= 4 is 50.7 Å². The average Bonchev–Trinajstić information content (AvgIpc) is 3.58. The van der Waals surface area contributed by atoms with Gasteiger partial charge in [-0.25, -0.2) is 0 Å². The van der Waals surface area contributed by atoms with E-state index in [1.807, 2.05) is 0 Å². The first kappa shape index (κ1) is 29.4. The number of allylic oxidation sites excluding steroid dienone is 13. The number of hydrogen-bond donors (Lipinski definition) is 0. The Balaban J connectivity index is 1.24. The Morgan fingerprint density at radius 1 is 0.870 bits per heavy atom. The van der Waals surface area contributed by atoms with Crippen LogP contribution >= 0.6 is 23.2 Å². The van der Waals surface area contributed by atoms with E-state index < -0.39 is 0 Å². The molecular formula is C43H37Cl2N. The molecule has 0 bridgehead atoms. The van der Waals surface area contributed by atoms with Crippen molar-refractivity contribution in [1.29, 1.82) is 0 Å². The van der Waals surface area contributed by atoms with Crippen molar-refractivity contribution in [2.75, 3.05) is 6.54 Å². The average molecular weight is 639 g/mol. The van der Waals surface area contributed by atoms with Gasteiger partial charge < -0.3 is 4.90 Å². The highest BCUT2D eigenvalue weighted by Crippen LogP contribution is 2.48. The fraction of sp³-hybridized carbons (Fsp3) is 0.209. The molecule has 228 valence electrons. The molecule has 5 aliphatic rings. The fourth-order valence-electron chi connectivity index (χ4n) is 8.26. The largest absolute Gasteiger partial charge is 0.361 e. The van der Waals surface area contributed by atoms with Crippen molar-refractivity contribution in [3.05, 3.63) is 170 Å². The van der Waals surface area contributed by atoms with Crippen molar-refractivity contribution in [3.8, 4) is 0 Å². The molecule has 0 fully saturated rings. The van der Waals surface area contributed by atoms with Crippen molar-refractivity contribution in [3.63, 3.8) is 0 Å². The van der Waals surface area contributed by atoms with E-state index >= 15 is 0 Å². The van der Waals surface area contributed by atoms with E-state index in [1.54, 1.807) is 0 Å². The van der Waals surface area contributed by atoms with E-state index in [4.69, 9.17) is 23.2 Å². The predicted octanol–water partition coefficient (Wildman–Crippen LogP) is 12.2. The van der Waals surface area contributed by atoms with Crippen LogP contribution in [0.4, 0.5) is 0 Å². The summed E-state index contributed by atoms with van der Waals surface area (Å²) in [6.07, 6.45) is 23.6. The Labute approximate surface area is 282 Å². The second kappa shape index (κ2) is 12.0. The normalized spacial score (nSPS) is 22.3. The number of hydrogen-bond acceptors (Lipinski definition) is 1. The third kappa shape index (κ3) is 4.67. The van der Waals surface area contributed by atoms with Crippen LogP contribution in [-0.4, -0.2) is 17.5 Å². The Kier molecular flexibility index (Phi) is 7.63. The molecule has 3 aromatic rings. The van der Waals surface area contributed by atoms with E-state index in [9.17, 15) is 0 Å². The molecule has 0 amide bonds. The van der Waals surface area contributed by atoms with Crippen LogP contribution in [-0.2, 0) is 0 Å². The number of halogens is 2. The maximum absolute atomic E-state index is 6.69. The van der Waals surface area contributed by atoms with Gasteiger partial charge in [0.1, 0.15) is 0 Å². The summed E-state index contributed by atoms with van der Waals surface area (Å²) in [5, 5.41) is 4.14. The van der Waals surface area contributed by atoms with Gasteiger partial charge in [0, 0.05) is 33.3 Å². The number of rotatable bonds is 6. The highest BCUT2D eigenvalue weighted by atomic mass is 35.5. The second-order valence-corrected chi connectivity index (χ2v) is 13.4. The van der Waals surface area contributed by atoms with Crippen LogP contribution in [0, 0.1) is 0 Å². The van der Waals surface area contributed by atoms with Gasteiger partial charge >= 0.3 is 0 Å². The summed E-state index contributed by atoms with van der Waals surface area (Å²) >= 11 is 13.4. The lowest BCUT2D eigenvalue weighted by molar-refractivity contribution is 0.366. The van der Waals surface area contributed by atoms with Crippen LogP contribution in [0.5, 0.6) is 0 Å². The molecule has 3 heteroatoms. The van der Waals surface area contributed by atoms with E-state index in [-0.39, 0.29) is 6.04 Å². The van der Waals surface area contributed by atoms with E-state index in [1.165, 1.54) is 72.4 Å². The first-order valence-electron chi connectivity index (χ1n) is 16.7. The molecule has 46 heavy (non-hydrogen) atoms. The smallest absolute Gasteiger partial charge is 0.0740 e. The maximum Gasteiger partial charge on any atom is 0.0740 e. The van der Waals surface area contributed by atoms with Crippen LogP contribution in [0.25, 0.3) is 27.5 Å². The standard InChI is InChI=1S/C43H37Cl2N/c1-3-30-31(32-15-9-16-34-37(44)23-22-33(30)42(32)34)21-19-28-13-8-14-29(41(28)27-11-6-5-7-12-27)20-25-39-36-18-10-17-35-38(45)24-26-40(43(35)36)46(39)4-2/h5-7,9-12,15-16,18-26,40H,3-4,8,13-14,17H2,1-2H3/b21-19+,29-20+,39-25+.